The number of rotatable bonds is 6. The number of halogens is 3. The zero-order valence-electron chi connectivity index (χ0n) is 23.9. The number of fused-ring (bicyclic) bond motifs is 1. The number of carbonyl (C=O) groups is 2. The number of nitrogens with zero attached hydrogens (tertiary/aromatic N) is 5. The molecule has 3 heterocycles. The summed E-state index contributed by atoms with van der Waals surface area (Å²) in [7, 11) is -4.12. The van der Waals surface area contributed by atoms with Crippen LogP contribution in [0.1, 0.15) is 19.4 Å². The lowest BCUT2D eigenvalue weighted by atomic mass is 9.91. The Hall–Kier alpha value is -3.77. The van der Waals surface area contributed by atoms with E-state index in [-0.39, 0.29) is 55.3 Å². The second kappa shape index (κ2) is 11.3. The van der Waals surface area contributed by atoms with Gasteiger partial charge in [-0.05, 0) is 53.9 Å². The summed E-state index contributed by atoms with van der Waals surface area (Å²) in [5, 5.41) is 0.471. The zero-order chi connectivity index (χ0) is 31.4. The van der Waals surface area contributed by atoms with Crippen LogP contribution in [0.15, 0.2) is 78.0 Å². The molecule has 2 aliphatic rings. The predicted octanol–water partition coefficient (Wildman–Crippen LogP) is 5.49. The first-order valence-electron chi connectivity index (χ1n) is 13.9. The average molecular weight is 657 g/mol. The Balaban J connectivity index is 1.42. The van der Waals surface area contributed by atoms with Crippen LogP contribution in [0.2, 0.25) is 10.0 Å². The summed E-state index contributed by atoms with van der Waals surface area (Å²) in [5.41, 5.74) is 1.19. The van der Waals surface area contributed by atoms with E-state index in [2.05, 4.69) is 4.98 Å². The van der Waals surface area contributed by atoms with E-state index in [4.69, 9.17) is 23.2 Å². The van der Waals surface area contributed by atoms with E-state index in [1.807, 2.05) is 24.3 Å². The Morgan fingerprint density at radius 2 is 1.61 bits per heavy atom. The summed E-state index contributed by atoms with van der Waals surface area (Å²) in [5.74, 6) is -0.759. The van der Waals surface area contributed by atoms with Crippen molar-refractivity contribution in [1.82, 2.24) is 18.8 Å². The first-order valence-corrected chi connectivity index (χ1v) is 16.1. The molecule has 3 aromatic carbocycles. The van der Waals surface area contributed by atoms with Crippen molar-refractivity contribution in [2.24, 2.45) is 0 Å². The summed E-state index contributed by atoms with van der Waals surface area (Å²) in [6.45, 7) is 3.88. The van der Waals surface area contributed by atoms with Crippen molar-refractivity contribution < 1.29 is 22.4 Å². The quantitative estimate of drug-likeness (QED) is 0.274. The fourth-order valence-electron chi connectivity index (χ4n) is 5.87. The van der Waals surface area contributed by atoms with E-state index in [0.717, 1.165) is 11.1 Å². The van der Waals surface area contributed by atoms with Crippen molar-refractivity contribution in [1.29, 1.82) is 0 Å². The lowest BCUT2D eigenvalue weighted by Gasteiger charge is -2.34. The normalized spacial score (nSPS) is 19.0. The lowest BCUT2D eigenvalue weighted by molar-refractivity contribution is -0.130. The van der Waals surface area contributed by atoms with E-state index in [0.29, 0.717) is 21.3 Å². The molecule has 2 aliphatic heterocycles. The number of carbonyl (C=O) groups excluding carboxylic acids is 2. The minimum absolute atomic E-state index is 0.113. The highest BCUT2D eigenvalue weighted by atomic mass is 35.5. The third-order valence-electron chi connectivity index (χ3n) is 8.12. The summed E-state index contributed by atoms with van der Waals surface area (Å²) in [6, 6.07) is 18.3. The molecule has 9 nitrogen and oxygen atoms in total. The molecule has 0 saturated carbocycles. The third kappa shape index (κ3) is 5.27. The van der Waals surface area contributed by atoms with Gasteiger partial charge in [-0.2, -0.15) is 4.31 Å². The Kier molecular flexibility index (Phi) is 7.77. The van der Waals surface area contributed by atoms with Gasteiger partial charge in [0.15, 0.2) is 5.03 Å². The Morgan fingerprint density at radius 1 is 0.955 bits per heavy atom. The number of sulfonamides is 1. The summed E-state index contributed by atoms with van der Waals surface area (Å²) in [4.78, 5) is 33.6. The van der Waals surface area contributed by atoms with Gasteiger partial charge >= 0.3 is 0 Å². The van der Waals surface area contributed by atoms with Gasteiger partial charge in [0.1, 0.15) is 11.4 Å². The van der Waals surface area contributed by atoms with Crippen LogP contribution in [0.25, 0.3) is 11.1 Å². The number of amides is 2. The maximum Gasteiger partial charge on any atom is 0.260 e. The highest BCUT2D eigenvalue weighted by Gasteiger charge is 2.52. The van der Waals surface area contributed by atoms with Crippen LogP contribution in [-0.2, 0) is 31.6 Å². The fraction of sp³-hybridized carbons (Fsp3) is 0.258. The number of aromatic nitrogens is 2. The third-order valence-corrected chi connectivity index (χ3v) is 10.4. The highest BCUT2D eigenvalue weighted by molar-refractivity contribution is 7.89. The van der Waals surface area contributed by atoms with Gasteiger partial charge in [0.25, 0.3) is 15.9 Å². The molecular formula is C31H28Cl2FN5O4S. The molecule has 0 spiro atoms. The summed E-state index contributed by atoms with van der Waals surface area (Å²) in [6.07, 6.45) is 1.39. The van der Waals surface area contributed by atoms with Crippen LogP contribution in [0.3, 0.4) is 0 Å². The fourth-order valence-corrected chi connectivity index (χ4v) is 7.99. The van der Waals surface area contributed by atoms with Crippen molar-refractivity contribution in [2.45, 2.75) is 30.8 Å². The monoisotopic (exact) mass is 655 g/mol. The SMILES string of the molecule is CC(=O)N1CCN(S(=O)(=O)c2cnc3n2[C@](C)(Cc2ccc(-c4cccc(F)c4)cc2)C(=O)N3c2cc(Cl)cc(Cl)c2)CC1. The summed E-state index contributed by atoms with van der Waals surface area (Å²) < 4.78 is 44.7. The van der Waals surface area contributed by atoms with Gasteiger partial charge in [0.05, 0.1) is 11.9 Å². The van der Waals surface area contributed by atoms with Crippen molar-refractivity contribution in [3.05, 3.63) is 94.4 Å². The molecule has 0 aliphatic carbocycles. The molecule has 0 radical (unpaired) electrons. The molecule has 2 amide bonds. The van der Waals surface area contributed by atoms with Crippen LogP contribution in [-0.4, -0.2) is 65.2 Å². The van der Waals surface area contributed by atoms with Gasteiger partial charge < -0.3 is 4.90 Å². The lowest BCUT2D eigenvalue weighted by Crippen LogP contribution is -2.50. The minimum Gasteiger partial charge on any atom is -0.340 e. The van der Waals surface area contributed by atoms with Gasteiger partial charge in [0.2, 0.25) is 11.9 Å². The van der Waals surface area contributed by atoms with E-state index >= 15 is 0 Å². The second-order valence-electron chi connectivity index (χ2n) is 11.1. The largest absolute Gasteiger partial charge is 0.340 e. The van der Waals surface area contributed by atoms with Crippen LogP contribution in [0.4, 0.5) is 16.0 Å². The van der Waals surface area contributed by atoms with E-state index in [9.17, 15) is 22.4 Å². The maximum absolute atomic E-state index is 14.4. The maximum atomic E-state index is 14.4. The van der Waals surface area contributed by atoms with Gasteiger partial charge in [-0.1, -0.05) is 59.6 Å². The topological polar surface area (TPSA) is 95.8 Å². The molecule has 228 valence electrons. The molecule has 0 unspecified atom stereocenters. The van der Waals surface area contributed by atoms with Crippen LogP contribution in [0, 0.1) is 5.82 Å². The Morgan fingerprint density at radius 3 is 2.23 bits per heavy atom. The molecule has 1 atom stereocenters. The van der Waals surface area contributed by atoms with E-state index in [1.54, 1.807) is 36.1 Å². The molecule has 1 saturated heterocycles. The number of hydrogen-bond acceptors (Lipinski definition) is 5. The molecule has 13 heteroatoms. The van der Waals surface area contributed by atoms with E-state index in [1.165, 1.54) is 45.1 Å². The number of anilines is 2. The smallest absolute Gasteiger partial charge is 0.260 e. The Labute approximate surface area is 264 Å². The van der Waals surface area contributed by atoms with Gasteiger partial charge in [-0.25, -0.2) is 22.7 Å². The zero-order valence-corrected chi connectivity index (χ0v) is 26.2. The standard InChI is InChI=1S/C31H28Cl2FN5O4S/c1-20(40)36-10-12-37(13-11-36)44(42,43)28-19-35-30-38(27-16-24(32)15-25(33)17-27)29(41)31(2,39(28)30)18-21-6-8-22(9-7-21)23-4-3-5-26(34)14-23/h3-9,14-17,19H,10-13,18H2,1-2H3/t31-/m1/s1. The molecule has 0 N–H and O–H groups in total. The Bertz CT molecular complexity index is 1870. The molecule has 44 heavy (non-hydrogen) atoms. The molecular weight excluding hydrogens is 628 g/mol. The average Bonchev–Trinajstić information content (AvgIpc) is 3.51. The number of benzene rings is 3. The minimum atomic E-state index is -4.12. The number of imidazole rings is 1. The van der Waals surface area contributed by atoms with Crippen molar-refractivity contribution in [3.8, 4) is 11.1 Å². The first-order chi connectivity index (χ1) is 20.9. The van der Waals surface area contributed by atoms with Gasteiger partial charge in [-0.15, -0.1) is 0 Å². The van der Waals surface area contributed by atoms with Crippen LogP contribution < -0.4 is 4.90 Å². The highest BCUT2D eigenvalue weighted by Crippen LogP contribution is 2.45. The van der Waals surface area contributed by atoms with Crippen molar-refractivity contribution in [2.75, 3.05) is 31.1 Å². The van der Waals surface area contributed by atoms with Crippen LogP contribution in [0.5, 0.6) is 0 Å². The second-order valence-corrected chi connectivity index (χ2v) is 13.8. The van der Waals surface area contributed by atoms with Crippen molar-refractivity contribution in [3.63, 3.8) is 0 Å². The molecule has 6 rings (SSSR count). The molecule has 1 aromatic heterocycles. The first kappa shape index (κ1) is 30.3. The molecule has 4 aromatic rings. The number of piperazine rings is 1. The summed E-state index contributed by atoms with van der Waals surface area (Å²) >= 11 is 12.6. The predicted molar refractivity (Wildman–Crippen MR) is 166 cm³/mol. The van der Waals surface area contributed by atoms with Crippen LogP contribution >= 0.6 is 23.2 Å². The molecule has 0 bridgehead atoms. The number of hydrogen-bond donors (Lipinski definition) is 0. The van der Waals surface area contributed by atoms with Crippen molar-refractivity contribution >= 4 is 56.7 Å². The van der Waals surface area contributed by atoms with Gasteiger partial charge in [-0.3, -0.25) is 14.2 Å². The molecule has 1 fully saturated rings. The van der Waals surface area contributed by atoms with Gasteiger partial charge in [0, 0.05) is 49.6 Å². The van der Waals surface area contributed by atoms with E-state index < -0.39 is 21.5 Å².